The number of aromatic nitrogens is 1. The minimum atomic E-state index is -1.13. The van der Waals surface area contributed by atoms with Gasteiger partial charge in [0.25, 0.3) is 11.8 Å². The van der Waals surface area contributed by atoms with Crippen molar-refractivity contribution in [3.8, 4) is 0 Å². The van der Waals surface area contributed by atoms with E-state index in [1.807, 2.05) is 19.9 Å². The second-order valence-corrected chi connectivity index (χ2v) is 10.1. The molecule has 1 aliphatic carbocycles. The third kappa shape index (κ3) is 5.48. The van der Waals surface area contributed by atoms with Crippen molar-refractivity contribution in [3.05, 3.63) is 75.5 Å². The van der Waals surface area contributed by atoms with Gasteiger partial charge in [-0.25, -0.2) is 4.39 Å². The van der Waals surface area contributed by atoms with Crippen LogP contribution >= 0.6 is 11.5 Å². The van der Waals surface area contributed by atoms with Crippen molar-refractivity contribution >= 4 is 40.6 Å². The third-order valence-electron chi connectivity index (χ3n) is 6.85. The highest BCUT2D eigenvalue weighted by atomic mass is 32.1. The van der Waals surface area contributed by atoms with Gasteiger partial charge in [0.1, 0.15) is 16.7 Å². The number of carbonyl (C=O) groups is 3. The van der Waals surface area contributed by atoms with E-state index >= 15 is 0 Å². The van der Waals surface area contributed by atoms with E-state index in [1.165, 1.54) is 29.2 Å². The number of hydrogen-bond acceptors (Lipinski definition) is 6. The summed E-state index contributed by atoms with van der Waals surface area (Å²) in [6, 6.07) is 9.81. The number of amides is 3. The summed E-state index contributed by atoms with van der Waals surface area (Å²) in [7, 11) is 0. The molecule has 1 saturated carbocycles. The van der Waals surface area contributed by atoms with Crippen LogP contribution in [0.1, 0.15) is 75.0 Å². The third-order valence-corrected chi connectivity index (χ3v) is 7.70. The van der Waals surface area contributed by atoms with Crippen LogP contribution in [0.25, 0.3) is 0 Å². The Kier molecular flexibility index (Phi) is 7.87. The first-order valence-electron chi connectivity index (χ1n) is 12.2. The Hall–Kier alpha value is -3.79. The van der Waals surface area contributed by atoms with E-state index in [4.69, 9.17) is 11.5 Å². The zero-order valence-corrected chi connectivity index (χ0v) is 21.6. The maximum atomic E-state index is 14.2. The molecular weight excluding hydrogens is 493 g/mol. The molecule has 0 radical (unpaired) electrons. The summed E-state index contributed by atoms with van der Waals surface area (Å²) >= 11 is 0.749. The lowest BCUT2D eigenvalue weighted by atomic mass is 9.94. The Balaban J connectivity index is 1.88. The SMILES string of the molecule is Cc1cccc(N(C(=O)c2snc(C(N)=O)c2N)[C@H](C(=O)NC2CCCCC2)c2ccc(F)cc2)c1C. The van der Waals surface area contributed by atoms with Crippen LogP contribution in [0.4, 0.5) is 15.8 Å². The van der Waals surface area contributed by atoms with Crippen molar-refractivity contribution in [1.82, 2.24) is 9.69 Å². The second-order valence-electron chi connectivity index (χ2n) is 9.33. The van der Waals surface area contributed by atoms with Gasteiger partial charge < -0.3 is 16.8 Å². The number of anilines is 2. The van der Waals surface area contributed by atoms with Gasteiger partial charge in [-0.3, -0.25) is 19.3 Å². The quantitative estimate of drug-likeness (QED) is 0.422. The summed E-state index contributed by atoms with van der Waals surface area (Å²) in [6.07, 6.45) is 4.85. The fourth-order valence-electron chi connectivity index (χ4n) is 4.69. The predicted octanol–water partition coefficient (Wildman–Crippen LogP) is 4.42. The zero-order chi connectivity index (χ0) is 26.7. The summed E-state index contributed by atoms with van der Waals surface area (Å²) in [4.78, 5) is 41.2. The molecule has 1 aliphatic rings. The Labute approximate surface area is 219 Å². The largest absolute Gasteiger partial charge is 0.395 e. The van der Waals surface area contributed by atoms with E-state index in [1.54, 1.807) is 12.1 Å². The van der Waals surface area contributed by atoms with Gasteiger partial charge in [0.05, 0.1) is 5.69 Å². The summed E-state index contributed by atoms with van der Waals surface area (Å²) < 4.78 is 17.9. The first kappa shape index (κ1) is 26.3. The lowest BCUT2D eigenvalue weighted by molar-refractivity contribution is -0.123. The van der Waals surface area contributed by atoms with Crippen molar-refractivity contribution in [2.24, 2.45) is 5.73 Å². The Morgan fingerprint density at radius 2 is 1.76 bits per heavy atom. The number of hydrogen-bond donors (Lipinski definition) is 3. The predicted molar refractivity (Wildman–Crippen MR) is 142 cm³/mol. The molecule has 2 aromatic carbocycles. The van der Waals surface area contributed by atoms with E-state index in [0.717, 1.165) is 54.8 Å². The number of benzene rings is 2. The average Bonchev–Trinajstić information content (AvgIpc) is 3.27. The molecule has 5 N–H and O–H groups in total. The van der Waals surface area contributed by atoms with E-state index in [9.17, 15) is 18.8 Å². The standard InChI is InChI=1S/C27H30FN5O3S/c1-15-7-6-10-20(16(15)2)33(27(36)24-21(29)22(25(30)34)32-37-24)23(17-11-13-18(28)14-12-17)26(35)31-19-8-4-3-5-9-19/h6-7,10-14,19,23H,3-5,8-9,29H2,1-2H3,(H2,30,34)(H,31,35)/t23-/m0/s1. The monoisotopic (exact) mass is 523 g/mol. The molecule has 0 unspecified atom stereocenters. The second kappa shape index (κ2) is 11.1. The fraction of sp³-hybridized carbons (Fsp3) is 0.333. The molecule has 0 bridgehead atoms. The van der Waals surface area contributed by atoms with Gasteiger partial charge in [0.2, 0.25) is 5.91 Å². The number of nitrogens with zero attached hydrogens (tertiary/aromatic N) is 2. The Morgan fingerprint density at radius 3 is 2.38 bits per heavy atom. The Bertz CT molecular complexity index is 1320. The van der Waals surface area contributed by atoms with Crippen molar-refractivity contribution < 1.29 is 18.8 Å². The smallest absolute Gasteiger partial charge is 0.273 e. The molecule has 10 heteroatoms. The van der Waals surface area contributed by atoms with Crippen LogP contribution in [0, 0.1) is 19.7 Å². The van der Waals surface area contributed by atoms with Gasteiger partial charge in [-0.2, -0.15) is 4.37 Å². The molecule has 194 valence electrons. The number of nitrogen functional groups attached to an aromatic ring is 1. The van der Waals surface area contributed by atoms with Crippen LogP contribution in [0.3, 0.4) is 0 Å². The van der Waals surface area contributed by atoms with E-state index in [-0.39, 0.29) is 28.2 Å². The first-order valence-corrected chi connectivity index (χ1v) is 13.0. The molecule has 0 aliphatic heterocycles. The lowest BCUT2D eigenvalue weighted by Gasteiger charge is -2.34. The molecule has 8 nitrogen and oxygen atoms in total. The number of rotatable bonds is 7. The van der Waals surface area contributed by atoms with Crippen LogP contribution in [-0.4, -0.2) is 28.1 Å². The van der Waals surface area contributed by atoms with Crippen molar-refractivity contribution in [2.45, 2.75) is 58.0 Å². The highest BCUT2D eigenvalue weighted by Crippen LogP contribution is 2.36. The van der Waals surface area contributed by atoms with Gasteiger partial charge in [-0.15, -0.1) is 0 Å². The molecule has 37 heavy (non-hydrogen) atoms. The van der Waals surface area contributed by atoms with Crippen LogP contribution in [0.15, 0.2) is 42.5 Å². The van der Waals surface area contributed by atoms with Gasteiger partial charge in [-0.05, 0) is 73.1 Å². The highest BCUT2D eigenvalue weighted by molar-refractivity contribution is 7.09. The normalized spacial score (nSPS) is 14.7. The van der Waals surface area contributed by atoms with E-state index in [0.29, 0.717) is 11.3 Å². The van der Waals surface area contributed by atoms with Gasteiger partial charge in [0.15, 0.2) is 5.69 Å². The maximum Gasteiger partial charge on any atom is 0.273 e. The molecule has 1 heterocycles. The molecule has 1 fully saturated rings. The summed E-state index contributed by atoms with van der Waals surface area (Å²) in [5, 5.41) is 3.12. The van der Waals surface area contributed by atoms with Crippen molar-refractivity contribution in [1.29, 1.82) is 0 Å². The number of nitrogens with one attached hydrogen (secondary N) is 1. The minimum absolute atomic E-state index is 0.00714. The van der Waals surface area contributed by atoms with Crippen molar-refractivity contribution in [3.63, 3.8) is 0 Å². The van der Waals surface area contributed by atoms with Crippen LogP contribution in [0.5, 0.6) is 0 Å². The molecular formula is C27H30FN5O3S. The number of nitrogens with two attached hydrogens (primary N) is 2. The molecule has 0 saturated heterocycles. The highest BCUT2D eigenvalue weighted by Gasteiger charge is 2.37. The topological polar surface area (TPSA) is 131 Å². The minimum Gasteiger partial charge on any atom is -0.395 e. The van der Waals surface area contributed by atoms with Crippen molar-refractivity contribution in [2.75, 3.05) is 10.6 Å². The van der Waals surface area contributed by atoms with Gasteiger partial charge in [0, 0.05) is 11.7 Å². The van der Waals surface area contributed by atoms with E-state index in [2.05, 4.69) is 9.69 Å². The zero-order valence-electron chi connectivity index (χ0n) is 20.8. The summed E-state index contributed by atoms with van der Waals surface area (Å²) in [5.41, 5.74) is 13.8. The first-order chi connectivity index (χ1) is 17.7. The molecule has 0 spiro atoms. The van der Waals surface area contributed by atoms with E-state index < -0.39 is 23.7 Å². The lowest BCUT2D eigenvalue weighted by Crippen LogP contribution is -2.47. The average molecular weight is 524 g/mol. The number of carbonyl (C=O) groups excluding carboxylic acids is 3. The molecule has 1 atom stereocenters. The maximum absolute atomic E-state index is 14.2. The van der Waals surface area contributed by atoms with Crippen LogP contribution in [-0.2, 0) is 4.79 Å². The van der Waals surface area contributed by atoms with Crippen LogP contribution in [0.2, 0.25) is 0 Å². The molecule has 3 aromatic rings. The number of halogens is 1. The summed E-state index contributed by atoms with van der Waals surface area (Å²) in [5.74, 6) is -2.30. The van der Waals surface area contributed by atoms with Crippen LogP contribution < -0.4 is 21.7 Å². The number of primary amides is 1. The fourth-order valence-corrected chi connectivity index (χ4v) is 5.43. The van der Waals surface area contributed by atoms with Gasteiger partial charge >= 0.3 is 0 Å². The molecule has 4 rings (SSSR count). The molecule has 1 aromatic heterocycles. The molecule has 3 amide bonds. The Morgan fingerprint density at radius 1 is 1.08 bits per heavy atom. The number of aryl methyl sites for hydroxylation is 1. The van der Waals surface area contributed by atoms with Gasteiger partial charge in [-0.1, -0.05) is 43.5 Å². The summed E-state index contributed by atoms with van der Waals surface area (Å²) in [6.45, 7) is 3.76.